The summed E-state index contributed by atoms with van der Waals surface area (Å²) in [7, 11) is -3.78. The molecule has 5 nitrogen and oxygen atoms in total. The maximum Gasteiger partial charge on any atom is 0.476 e. The second-order valence-electron chi connectivity index (χ2n) is 4.78. The van der Waals surface area contributed by atoms with Gasteiger partial charge in [-0.25, -0.2) is 8.89 Å². The van der Waals surface area contributed by atoms with E-state index in [-0.39, 0.29) is 0 Å². The van der Waals surface area contributed by atoms with Gasteiger partial charge in [0.15, 0.2) is 16.5 Å². The Labute approximate surface area is 174 Å². The summed E-state index contributed by atoms with van der Waals surface area (Å²) in [4.78, 5) is -1.23. The van der Waals surface area contributed by atoms with Crippen molar-refractivity contribution in [3.05, 3.63) is 31.3 Å². The molecule has 0 aliphatic rings. The SMILES string of the molecule is N#Cc1nn(-c2c(Cl)c(Cl)c(C(F)(F)F)c(Cl)c2Cl)c(N)c1S(=O)C(F)(F)F. The monoisotopic (exact) mass is 504 g/mol. The zero-order valence-corrected chi connectivity index (χ0v) is 16.4. The van der Waals surface area contributed by atoms with Crippen LogP contribution >= 0.6 is 46.4 Å². The topological polar surface area (TPSA) is 84.7 Å². The van der Waals surface area contributed by atoms with Gasteiger partial charge in [0, 0.05) is 0 Å². The van der Waals surface area contributed by atoms with Gasteiger partial charge in [0.05, 0.1) is 25.7 Å². The van der Waals surface area contributed by atoms with Crippen LogP contribution in [0.25, 0.3) is 5.69 Å². The van der Waals surface area contributed by atoms with Gasteiger partial charge in [-0.1, -0.05) is 46.4 Å². The molecular weight excluding hydrogens is 504 g/mol. The van der Waals surface area contributed by atoms with Crippen molar-refractivity contribution in [3.8, 4) is 11.8 Å². The number of aromatic nitrogens is 2. The molecule has 16 heteroatoms. The number of nitriles is 1. The number of halogens is 10. The first-order valence-electron chi connectivity index (χ1n) is 6.35. The maximum absolute atomic E-state index is 13.1. The van der Waals surface area contributed by atoms with Crippen LogP contribution in [-0.2, 0) is 17.0 Å². The molecule has 0 bridgehead atoms. The Hall–Kier alpha value is -1.39. The Morgan fingerprint density at radius 2 is 1.46 bits per heavy atom. The predicted molar refractivity (Wildman–Crippen MR) is 90.2 cm³/mol. The Morgan fingerprint density at radius 3 is 1.82 bits per heavy atom. The summed E-state index contributed by atoms with van der Waals surface area (Å²) in [5, 5.41) is 8.28. The number of benzene rings is 1. The molecule has 0 amide bonds. The summed E-state index contributed by atoms with van der Waals surface area (Å²) < 4.78 is 89.6. The van der Waals surface area contributed by atoms with E-state index in [1.165, 1.54) is 6.07 Å². The van der Waals surface area contributed by atoms with E-state index in [4.69, 9.17) is 57.4 Å². The zero-order chi connectivity index (χ0) is 21.8. The summed E-state index contributed by atoms with van der Waals surface area (Å²) in [6.45, 7) is 0. The highest BCUT2D eigenvalue weighted by Crippen LogP contribution is 2.50. The molecule has 1 unspecified atom stereocenters. The van der Waals surface area contributed by atoms with Crippen LogP contribution in [0.2, 0.25) is 20.1 Å². The first kappa shape index (κ1) is 22.9. The average molecular weight is 506 g/mol. The molecule has 0 spiro atoms. The number of nitrogens with zero attached hydrogens (tertiary/aromatic N) is 3. The molecular formula is C12H2Cl4F6N4OS. The average Bonchev–Trinajstić information content (AvgIpc) is 2.87. The summed E-state index contributed by atoms with van der Waals surface area (Å²) in [6, 6.07) is 1.25. The summed E-state index contributed by atoms with van der Waals surface area (Å²) in [5.74, 6) is -1.01. The first-order chi connectivity index (χ1) is 12.6. The van der Waals surface area contributed by atoms with E-state index in [2.05, 4.69) is 5.10 Å². The Morgan fingerprint density at radius 1 is 1.00 bits per heavy atom. The predicted octanol–water partition coefficient (Wildman–Crippen LogP) is 5.59. The van der Waals surface area contributed by atoms with E-state index in [0.717, 1.165) is 0 Å². The highest BCUT2D eigenvalue weighted by atomic mass is 35.5. The summed E-state index contributed by atoms with van der Waals surface area (Å²) in [5.41, 5.74) is -3.16. The minimum absolute atomic E-state index is 0.306. The van der Waals surface area contributed by atoms with E-state index >= 15 is 0 Å². The van der Waals surface area contributed by atoms with Crippen molar-refractivity contribution in [1.29, 1.82) is 5.26 Å². The smallest absolute Gasteiger partial charge is 0.383 e. The summed E-state index contributed by atoms with van der Waals surface area (Å²) >= 11 is 22.8. The number of nitrogens with two attached hydrogens (primary N) is 1. The van der Waals surface area contributed by atoms with Gasteiger partial charge in [-0.3, -0.25) is 0 Å². The molecule has 0 saturated carbocycles. The molecule has 2 N–H and O–H groups in total. The molecule has 1 heterocycles. The van der Waals surface area contributed by atoms with Crippen molar-refractivity contribution in [2.24, 2.45) is 0 Å². The van der Waals surface area contributed by atoms with Gasteiger partial charge in [-0.05, 0) is 0 Å². The lowest BCUT2D eigenvalue weighted by Gasteiger charge is -2.18. The van der Waals surface area contributed by atoms with Crippen LogP contribution < -0.4 is 5.73 Å². The quantitative estimate of drug-likeness (QED) is 0.426. The Balaban J connectivity index is 2.91. The minimum atomic E-state index is -5.31. The number of hydrogen-bond donors (Lipinski definition) is 1. The molecule has 0 aliphatic heterocycles. The molecule has 28 heavy (non-hydrogen) atoms. The number of anilines is 1. The van der Waals surface area contributed by atoms with E-state index in [0.29, 0.717) is 4.68 Å². The van der Waals surface area contributed by atoms with Crippen LogP contribution in [0, 0.1) is 11.3 Å². The fourth-order valence-corrected chi connectivity index (χ4v) is 4.00. The van der Waals surface area contributed by atoms with Gasteiger partial charge in [0.1, 0.15) is 22.5 Å². The number of hydrogen-bond acceptors (Lipinski definition) is 4. The molecule has 2 aromatic rings. The number of rotatable bonds is 2. The molecule has 2 rings (SSSR count). The molecule has 1 aromatic heterocycles. The lowest BCUT2D eigenvalue weighted by Crippen LogP contribution is -2.18. The molecule has 0 fully saturated rings. The van der Waals surface area contributed by atoms with Crippen LogP contribution in [0.4, 0.5) is 32.2 Å². The van der Waals surface area contributed by atoms with E-state index in [1.807, 2.05) is 0 Å². The highest BCUT2D eigenvalue weighted by molar-refractivity contribution is 7.86. The Kier molecular flexibility index (Phi) is 6.10. The molecule has 1 atom stereocenters. The molecule has 0 radical (unpaired) electrons. The van der Waals surface area contributed by atoms with Crippen LogP contribution in [0.1, 0.15) is 11.3 Å². The van der Waals surface area contributed by atoms with Crippen molar-refractivity contribution in [2.45, 2.75) is 16.6 Å². The lowest BCUT2D eigenvalue weighted by atomic mass is 10.2. The van der Waals surface area contributed by atoms with Gasteiger partial charge in [-0.2, -0.15) is 36.7 Å². The minimum Gasteiger partial charge on any atom is -0.383 e. The first-order valence-corrected chi connectivity index (χ1v) is 9.01. The number of alkyl halides is 6. The maximum atomic E-state index is 13.1. The molecule has 0 saturated heterocycles. The standard InChI is InChI=1S/C12H2Cl4F6N4OS/c13-4-3(11(17,18)19)5(14)7(16)8(6(4)15)26-10(24)9(2(1-23)25-26)28(27)12(20,21)22/h24H2. The van der Waals surface area contributed by atoms with Crippen LogP contribution in [-0.4, -0.2) is 19.5 Å². The van der Waals surface area contributed by atoms with Gasteiger partial charge < -0.3 is 5.73 Å². The zero-order valence-electron chi connectivity index (χ0n) is 12.5. The van der Waals surface area contributed by atoms with Crippen molar-refractivity contribution < 1.29 is 30.6 Å². The highest BCUT2D eigenvalue weighted by Gasteiger charge is 2.44. The normalized spacial score (nSPS) is 13.5. The van der Waals surface area contributed by atoms with Crippen LogP contribution in [0.5, 0.6) is 0 Å². The van der Waals surface area contributed by atoms with Gasteiger partial charge in [0.25, 0.3) is 0 Å². The third-order valence-corrected chi connectivity index (χ3v) is 5.99. The van der Waals surface area contributed by atoms with Crippen LogP contribution in [0.15, 0.2) is 4.90 Å². The third kappa shape index (κ3) is 3.73. The molecule has 152 valence electrons. The van der Waals surface area contributed by atoms with Crippen molar-refractivity contribution in [2.75, 3.05) is 5.73 Å². The Bertz CT molecular complexity index is 1010. The summed E-state index contributed by atoms with van der Waals surface area (Å²) in [6.07, 6.45) is -5.07. The van der Waals surface area contributed by atoms with Gasteiger partial charge in [0.2, 0.25) is 0 Å². The van der Waals surface area contributed by atoms with E-state index < -0.39 is 70.2 Å². The van der Waals surface area contributed by atoms with Crippen molar-refractivity contribution in [3.63, 3.8) is 0 Å². The van der Waals surface area contributed by atoms with Crippen molar-refractivity contribution >= 4 is 63.0 Å². The largest absolute Gasteiger partial charge is 0.476 e. The van der Waals surface area contributed by atoms with E-state index in [1.54, 1.807) is 0 Å². The van der Waals surface area contributed by atoms with Crippen LogP contribution in [0.3, 0.4) is 0 Å². The van der Waals surface area contributed by atoms with E-state index in [9.17, 15) is 30.6 Å². The fourth-order valence-electron chi connectivity index (χ4n) is 2.01. The second kappa shape index (κ2) is 7.46. The second-order valence-corrected chi connectivity index (χ2v) is 7.70. The molecule has 1 aromatic carbocycles. The van der Waals surface area contributed by atoms with Gasteiger partial charge >= 0.3 is 11.7 Å². The van der Waals surface area contributed by atoms with Crippen molar-refractivity contribution in [1.82, 2.24) is 9.78 Å². The lowest BCUT2D eigenvalue weighted by molar-refractivity contribution is -0.137. The fraction of sp³-hybridized carbons (Fsp3) is 0.167. The van der Waals surface area contributed by atoms with Gasteiger partial charge in [-0.15, -0.1) is 0 Å². The number of nitrogen functional groups attached to an aromatic ring is 1. The molecule has 0 aliphatic carbocycles. The third-order valence-electron chi connectivity index (χ3n) is 3.11.